The zero-order valence-electron chi connectivity index (χ0n) is 5.72. The highest BCUT2D eigenvalue weighted by Crippen LogP contribution is 1.90. The summed E-state index contributed by atoms with van der Waals surface area (Å²) in [4.78, 5) is 12.2. The summed E-state index contributed by atoms with van der Waals surface area (Å²) in [6.45, 7) is 0. The van der Waals surface area contributed by atoms with Crippen molar-refractivity contribution in [3.05, 3.63) is 0 Å². The number of rotatable bonds is 2. The molecule has 0 radical (unpaired) electrons. The Hall–Kier alpha value is -1.04. The fourth-order valence-electron chi connectivity index (χ4n) is 0.386. The van der Waals surface area contributed by atoms with Crippen LogP contribution in [0.2, 0.25) is 0 Å². The summed E-state index contributed by atoms with van der Waals surface area (Å²) in [6.07, 6.45) is 0.653. The molecular formula is C6H10N2O. The van der Waals surface area contributed by atoms with Gasteiger partial charge in [-0.1, -0.05) is 0 Å². The van der Waals surface area contributed by atoms with E-state index in [1.807, 2.05) is 6.07 Å². The van der Waals surface area contributed by atoms with Crippen LogP contribution in [0.25, 0.3) is 0 Å². The highest BCUT2D eigenvalue weighted by atomic mass is 16.2. The molecule has 0 aliphatic heterocycles. The molecular weight excluding hydrogens is 116 g/mol. The van der Waals surface area contributed by atoms with Crippen molar-refractivity contribution in [1.29, 1.82) is 5.26 Å². The zero-order chi connectivity index (χ0) is 7.28. The van der Waals surface area contributed by atoms with Gasteiger partial charge >= 0.3 is 0 Å². The minimum atomic E-state index is 0.0107. The highest BCUT2D eigenvalue weighted by molar-refractivity contribution is 5.75. The van der Waals surface area contributed by atoms with E-state index in [0.717, 1.165) is 0 Å². The third kappa shape index (κ3) is 3.53. The number of nitrogens with zero attached hydrogens (tertiary/aromatic N) is 2. The van der Waals surface area contributed by atoms with Gasteiger partial charge in [-0.3, -0.25) is 4.79 Å². The lowest BCUT2D eigenvalue weighted by Gasteiger charge is -2.06. The van der Waals surface area contributed by atoms with Crippen LogP contribution in [0.1, 0.15) is 12.8 Å². The third-order valence-corrected chi connectivity index (χ3v) is 0.949. The molecule has 0 aliphatic rings. The molecule has 0 saturated carbocycles. The van der Waals surface area contributed by atoms with E-state index in [2.05, 4.69) is 0 Å². The largest absolute Gasteiger partial charge is 0.349 e. The Morgan fingerprint density at radius 2 is 2.22 bits per heavy atom. The Kier molecular flexibility index (Phi) is 3.45. The van der Waals surface area contributed by atoms with E-state index >= 15 is 0 Å². The Morgan fingerprint density at radius 1 is 1.67 bits per heavy atom. The van der Waals surface area contributed by atoms with E-state index in [9.17, 15) is 4.79 Å². The van der Waals surface area contributed by atoms with Crippen LogP contribution in [0.3, 0.4) is 0 Å². The average molecular weight is 126 g/mol. The van der Waals surface area contributed by atoms with Crippen LogP contribution >= 0.6 is 0 Å². The minimum absolute atomic E-state index is 0.0107. The zero-order valence-corrected chi connectivity index (χ0v) is 5.72. The summed E-state index contributed by atoms with van der Waals surface area (Å²) in [6, 6.07) is 1.91. The van der Waals surface area contributed by atoms with Crippen molar-refractivity contribution in [1.82, 2.24) is 4.90 Å². The molecule has 3 heteroatoms. The topological polar surface area (TPSA) is 44.1 Å². The molecule has 0 unspecified atom stereocenters. The van der Waals surface area contributed by atoms with Gasteiger partial charge in [-0.2, -0.15) is 5.26 Å². The second kappa shape index (κ2) is 3.90. The first kappa shape index (κ1) is 7.96. The van der Waals surface area contributed by atoms with Gasteiger partial charge < -0.3 is 4.90 Å². The number of hydrogen-bond donors (Lipinski definition) is 0. The lowest BCUT2D eigenvalue weighted by Crippen LogP contribution is -2.20. The van der Waals surface area contributed by atoms with Crippen LogP contribution in [0.5, 0.6) is 0 Å². The molecule has 0 heterocycles. The maximum atomic E-state index is 10.7. The van der Waals surface area contributed by atoms with Crippen LogP contribution in [0.4, 0.5) is 0 Å². The summed E-state index contributed by atoms with van der Waals surface area (Å²) in [5, 5.41) is 8.08. The lowest BCUT2D eigenvalue weighted by molar-refractivity contribution is -0.128. The van der Waals surface area contributed by atoms with Crippen molar-refractivity contribution in [2.75, 3.05) is 14.1 Å². The van der Waals surface area contributed by atoms with Gasteiger partial charge in [-0.15, -0.1) is 0 Å². The first-order chi connectivity index (χ1) is 4.18. The van der Waals surface area contributed by atoms with Crippen LogP contribution in [0, 0.1) is 11.3 Å². The smallest absolute Gasteiger partial charge is 0.223 e. The van der Waals surface area contributed by atoms with Gasteiger partial charge in [0.15, 0.2) is 0 Å². The monoisotopic (exact) mass is 126 g/mol. The maximum Gasteiger partial charge on any atom is 0.223 e. The predicted molar refractivity (Wildman–Crippen MR) is 33.5 cm³/mol. The third-order valence-electron chi connectivity index (χ3n) is 0.949. The van der Waals surface area contributed by atoms with Gasteiger partial charge in [0.25, 0.3) is 0 Å². The van der Waals surface area contributed by atoms with Crippen molar-refractivity contribution < 1.29 is 4.79 Å². The standard InChI is InChI=1S/C6H10N2O/c1-8(2)6(9)4-3-5-7/h3-4H2,1-2H3. The normalized spacial score (nSPS) is 8.11. The summed E-state index contributed by atoms with van der Waals surface area (Å²) >= 11 is 0. The second-order valence-electron chi connectivity index (χ2n) is 1.95. The van der Waals surface area contributed by atoms with Crippen molar-refractivity contribution >= 4 is 5.91 Å². The molecule has 0 bridgehead atoms. The Morgan fingerprint density at radius 3 is 2.56 bits per heavy atom. The minimum Gasteiger partial charge on any atom is -0.349 e. The molecule has 0 atom stereocenters. The molecule has 9 heavy (non-hydrogen) atoms. The summed E-state index contributed by atoms with van der Waals surface area (Å²) in [5.41, 5.74) is 0. The quantitative estimate of drug-likeness (QED) is 0.536. The van der Waals surface area contributed by atoms with Crippen LogP contribution in [0.15, 0.2) is 0 Å². The number of carbonyl (C=O) groups excluding carboxylic acids is 1. The first-order valence-corrected chi connectivity index (χ1v) is 2.75. The van der Waals surface area contributed by atoms with E-state index < -0.39 is 0 Å². The van der Waals surface area contributed by atoms with Crippen LogP contribution < -0.4 is 0 Å². The first-order valence-electron chi connectivity index (χ1n) is 2.75. The van der Waals surface area contributed by atoms with Gasteiger partial charge in [-0.25, -0.2) is 0 Å². The molecule has 0 N–H and O–H groups in total. The van der Waals surface area contributed by atoms with Crippen molar-refractivity contribution in [3.8, 4) is 6.07 Å². The number of amides is 1. The SMILES string of the molecule is CN(C)C(=O)CCC#N. The second-order valence-corrected chi connectivity index (χ2v) is 1.95. The van der Waals surface area contributed by atoms with E-state index in [4.69, 9.17) is 5.26 Å². The summed E-state index contributed by atoms with van der Waals surface area (Å²) < 4.78 is 0. The Balaban J connectivity index is 3.42. The van der Waals surface area contributed by atoms with E-state index in [-0.39, 0.29) is 5.91 Å². The fraction of sp³-hybridized carbons (Fsp3) is 0.667. The van der Waals surface area contributed by atoms with Crippen LogP contribution in [-0.2, 0) is 4.79 Å². The Bertz CT molecular complexity index is 134. The predicted octanol–water partition coefficient (Wildman–Crippen LogP) is 0.378. The molecule has 3 nitrogen and oxygen atoms in total. The maximum absolute atomic E-state index is 10.7. The van der Waals surface area contributed by atoms with Crippen LogP contribution in [-0.4, -0.2) is 24.9 Å². The molecule has 0 aliphatic carbocycles. The molecule has 0 fully saturated rings. The molecule has 0 aromatic heterocycles. The van der Waals surface area contributed by atoms with Crippen molar-refractivity contribution in [2.24, 2.45) is 0 Å². The average Bonchev–Trinajstić information content (AvgIpc) is 1.82. The Labute approximate surface area is 54.9 Å². The number of nitriles is 1. The molecule has 0 aromatic rings. The molecule has 0 aromatic carbocycles. The summed E-state index contributed by atoms with van der Waals surface area (Å²) in [5.74, 6) is 0.0107. The molecule has 0 rings (SSSR count). The fourth-order valence-corrected chi connectivity index (χ4v) is 0.386. The van der Waals surface area contributed by atoms with Gasteiger partial charge in [-0.05, 0) is 0 Å². The van der Waals surface area contributed by atoms with Gasteiger partial charge in [0.05, 0.1) is 6.07 Å². The van der Waals surface area contributed by atoms with E-state index in [0.29, 0.717) is 12.8 Å². The molecule has 0 saturated heterocycles. The number of hydrogen-bond acceptors (Lipinski definition) is 2. The lowest BCUT2D eigenvalue weighted by atomic mass is 10.3. The molecule has 50 valence electrons. The van der Waals surface area contributed by atoms with Crippen molar-refractivity contribution in [2.45, 2.75) is 12.8 Å². The highest BCUT2D eigenvalue weighted by Gasteiger charge is 2.00. The summed E-state index contributed by atoms with van der Waals surface area (Å²) in [7, 11) is 3.36. The van der Waals surface area contributed by atoms with Gasteiger partial charge in [0, 0.05) is 26.9 Å². The molecule has 1 amide bonds. The van der Waals surface area contributed by atoms with E-state index in [1.54, 1.807) is 14.1 Å². The molecule has 0 spiro atoms. The van der Waals surface area contributed by atoms with E-state index in [1.165, 1.54) is 4.90 Å². The van der Waals surface area contributed by atoms with Gasteiger partial charge in [0.2, 0.25) is 5.91 Å². The number of carbonyl (C=O) groups is 1. The van der Waals surface area contributed by atoms with Gasteiger partial charge in [0.1, 0.15) is 0 Å². The van der Waals surface area contributed by atoms with Crippen molar-refractivity contribution in [3.63, 3.8) is 0 Å².